The molecule has 1 aromatic carbocycles. The van der Waals surface area contributed by atoms with Crippen LogP contribution in [0.4, 0.5) is 4.39 Å². The number of likely N-dealkylation sites (tertiary alicyclic amines) is 1. The molecule has 6 heteroatoms. The van der Waals surface area contributed by atoms with E-state index in [-0.39, 0.29) is 17.9 Å². The summed E-state index contributed by atoms with van der Waals surface area (Å²) < 4.78 is 13.6. The molecule has 1 saturated heterocycles. The van der Waals surface area contributed by atoms with Gasteiger partial charge in [-0.2, -0.15) is 0 Å². The molecule has 4 nitrogen and oxygen atoms in total. The number of hydrogen-bond donors (Lipinski definition) is 2. The second kappa shape index (κ2) is 4.59. The molecule has 1 aromatic rings. The van der Waals surface area contributed by atoms with Gasteiger partial charge in [-0.15, -0.1) is 9.24 Å². The Bertz CT molecular complexity index is 443. The van der Waals surface area contributed by atoms with Crippen molar-refractivity contribution in [1.82, 2.24) is 4.90 Å². The molecule has 17 heavy (non-hydrogen) atoms. The molecule has 2 N–H and O–H groups in total. The molecule has 0 bridgehead atoms. The number of β-amino-alcohol motifs (C(OH)–C–C–N with tert-alkyl or cyclic N) is 1. The monoisotopic (exact) mass is 257 g/mol. The molecule has 0 saturated carbocycles. The molecular weight excluding hydrogens is 244 g/mol. The van der Waals surface area contributed by atoms with Gasteiger partial charge in [-0.3, -0.25) is 4.79 Å². The van der Waals surface area contributed by atoms with Crippen molar-refractivity contribution in [3.63, 3.8) is 0 Å². The molecule has 0 aromatic heterocycles. The zero-order valence-electron chi connectivity index (χ0n) is 9.06. The maximum atomic E-state index is 13.6. The largest absolute Gasteiger partial charge is 0.508 e. The van der Waals surface area contributed by atoms with Crippen LogP contribution in [-0.2, 0) is 0 Å². The maximum absolute atomic E-state index is 13.6. The predicted octanol–water partition coefficient (Wildman–Crippen LogP) is 0.239. The van der Waals surface area contributed by atoms with Crippen molar-refractivity contribution in [2.75, 3.05) is 13.1 Å². The second-order valence-electron chi connectivity index (χ2n) is 4.09. The minimum atomic E-state index is -0.749. The van der Waals surface area contributed by atoms with E-state index in [4.69, 9.17) is 0 Å². The number of aliphatic hydroxyl groups excluding tert-OH is 1. The van der Waals surface area contributed by atoms with E-state index in [1.807, 2.05) is 0 Å². The van der Waals surface area contributed by atoms with Crippen LogP contribution in [0.2, 0.25) is 0 Å². The van der Waals surface area contributed by atoms with Crippen molar-refractivity contribution in [1.29, 1.82) is 0 Å². The molecule has 0 spiro atoms. The number of rotatable bonds is 1. The Balaban J connectivity index is 2.31. The van der Waals surface area contributed by atoms with Crippen LogP contribution in [0.1, 0.15) is 16.8 Å². The maximum Gasteiger partial charge on any atom is 0.257 e. The molecule has 2 atom stereocenters. The van der Waals surface area contributed by atoms with E-state index in [2.05, 4.69) is 9.24 Å². The van der Waals surface area contributed by atoms with E-state index in [9.17, 15) is 19.4 Å². The highest BCUT2D eigenvalue weighted by molar-refractivity contribution is 7.27. The number of phenols is 1. The molecule has 2 unspecified atom stereocenters. The zero-order valence-corrected chi connectivity index (χ0v) is 10.2. The highest BCUT2D eigenvalue weighted by Crippen LogP contribution is 2.19. The van der Waals surface area contributed by atoms with Gasteiger partial charge in [0.1, 0.15) is 11.6 Å². The van der Waals surface area contributed by atoms with E-state index < -0.39 is 17.8 Å². The third-order valence-electron chi connectivity index (χ3n) is 2.77. The SMILES string of the molecule is O=C(c1c(F)cc(O)cc1P)N1CCC(O)C1. The molecule has 1 fully saturated rings. The summed E-state index contributed by atoms with van der Waals surface area (Å²) in [5, 5.41) is 18.8. The Morgan fingerprint density at radius 3 is 2.76 bits per heavy atom. The molecule has 1 amide bonds. The summed E-state index contributed by atoms with van der Waals surface area (Å²) in [7, 11) is 2.23. The molecule has 2 rings (SSSR count). The quantitative estimate of drug-likeness (QED) is 0.708. The molecule has 1 aliphatic rings. The number of phenolic OH excluding ortho intramolecular Hbond substituents is 1. The standard InChI is InChI=1S/C11H13FNO3P/c12-8-3-7(15)4-9(17)10(8)11(16)13-2-1-6(14)5-13/h3-4,6,14-15H,1-2,5,17H2. The van der Waals surface area contributed by atoms with Crippen molar-refractivity contribution >= 4 is 20.5 Å². The number of halogens is 1. The van der Waals surface area contributed by atoms with E-state index in [0.29, 0.717) is 18.3 Å². The summed E-state index contributed by atoms with van der Waals surface area (Å²) >= 11 is 0. The Morgan fingerprint density at radius 2 is 2.24 bits per heavy atom. The molecule has 0 aliphatic carbocycles. The van der Waals surface area contributed by atoms with Gasteiger partial charge in [0, 0.05) is 19.2 Å². The van der Waals surface area contributed by atoms with E-state index >= 15 is 0 Å². The van der Waals surface area contributed by atoms with Crippen LogP contribution in [0.5, 0.6) is 5.75 Å². The lowest BCUT2D eigenvalue weighted by Gasteiger charge is -2.17. The summed E-state index contributed by atoms with van der Waals surface area (Å²) in [4.78, 5) is 13.4. The highest BCUT2D eigenvalue weighted by Gasteiger charge is 2.28. The number of carbonyl (C=O) groups is 1. The van der Waals surface area contributed by atoms with Crippen LogP contribution < -0.4 is 5.30 Å². The molecule has 1 heterocycles. The van der Waals surface area contributed by atoms with Crippen LogP contribution in [-0.4, -0.2) is 40.2 Å². The Kier molecular flexibility index (Phi) is 3.31. The summed E-state index contributed by atoms with van der Waals surface area (Å²) in [5.41, 5.74) is -0.0677. The van der Waals surface area contributed by atoms with Gasteiger partial charge in [-0.25, -0.2) is 4.39 Å². The number of amides is 1. The van der Waals surface area contributed by atoms with Crippen molar-refractivity contribution < 1.29 is 19.4 Å². The van der Waals surface area contributed by atoms with E-state index in [0.717, 1.165) is 6.07 Å². The van der Waals surface area contributed by atoms with Gasteiger partial charge in [0.05, 0.1) is 11.7 Å². The van der Waals surface area contributed by atoms with Crippen LogP contribution in [0.25, 0.3) is 0 Å². The lowest BCUT2D eigenvalue weighted by atomic mass is 10.1. The Morgan fingerprint density at radius 1 is 1.53 bits per heavy atom. The van der Waals surface area contributed by atoms with Crippen LogP contribution in [0.15, 0.2) is 12.1 Å². The minimum absolute atomic E-state index is 0.0677. The number of aliphatic hydroxyl groups is 1. The molecule has 0 radical (unpaired) electrons. The van der Waals surface area contributed by atoms with Gasteiger partial charge in [-0.05, 0) is 17.8 Å². The number of nitrogens with zero attached hydrogens (tertiary/aromatic N) is 1. The van der Waals surface area contributed by atoms with Crippen molar-refractivity contribution in [2.24, 2.45) is 0 Å². The third-order valence-corrected chi connectivity index (χ3v) is 3.23. The predicted molar refractivity (Wildman–Crippen MR) is 63.9 cm³/mol. The first-order valence-electron chi connectivity index (χ1n) is 5.24. The summed E-state index contributed by atoms with van der Waals surface area (Å²) in [6.07, 6.45) is -0.0236. The lowest BCUT2D eigenvalue weighted by Crippen LogP contribution is -2.32. The first-order valence-corrected chi connectivity index (χ1v) is 5.82. The van der Waals surface area contributed by atoms with Gasteiger partial charge in [-0.1, -0.05) is 0 Å². The van der Waals surface area contributed by atoms with Gasteiger partial charge in [0.15, 0.2) is 0 Å². The third kappa shape index (κ3) is 2.40. The van der Waals surface area contributed by atoms with Crippen molar-refractivity contribution in [2.45, 2.75) is 12.5 Å². The fourth-order valence-corrected chi connectivity index (χ4v) is 2.36. The molecule has 92 valence electrons. The van der Waals surface area contributed by atoms with Gasteiger partial charge in [0.2, 0.25) is 0 Å². The van der Waals surface area contributed by atoms with Crippen LogP contribution >= 0.6 is 9.24 Å². The van der Waals surface area contributed by atoms with Crippen LogP contribution in [0.3, 0.4) is 0 Å². The number of benzene rings is 1. The molecule has 1 aliphatic heterocycles. The van der Waals surface area contributed by atoms with Crippen molar-refractivity contribution in [3.05, 3.63) is 23.5 Å². The topological polar surface area (TPSA) is 60.8 Å². The van der Waals surface area contributed by atoms with Gasteiger partial charge < -0.3 is 15.1 Å². The van der Waals surface area contributed by atoms with E-state index in [1.165, 1.54) is 11.0 Å². The zero-order chi connectivity index (χ0) is 12.6. The highest BCUT2D eigenvalue weighted by atomic mass is 31.0. The number of carbonyl (C=O) groups excluding carboxylic acids is 1. The first-order chi connectivity index (χ1) is 7.99. The summed E-state index contributed by atoms with van der Waals surface area (Å²) in [6.45, 7) is 0.647. The summed E-state index contributed by atoms with van der Waals surface area (Å²) in [5.74, 6) is -1.42. The van der Waals surface area contributed by atoms with Gasteiger partial charge >= 0.3 is 0 Å². The van der Waals surface area contributed by atoms with Gasteiger partial charge in [0.25, 0.3) is 5.91 Å². The fraction of sp³-hybridized carbons (Fsp3) is 0.364. The Hall–Kier alpha value is -1.19. The summed E-state index contributed by atoms with van der Waals surface area (Å²) in [6, 6.07) is 2.22. The van der Waals surface area contributed by atoms with Crippen LogP contribution in [0, 0.1) is 5.82 Å². The smallest absolute Gasteiger partial charge is 0.257 e. The number of hydrogen-bond acceptors (Lipinski definition) is 3. The number of aromatic hydroxyl groups is 1. The average Bonchev–Trinajstić information content (AvgIpc) is 2.63. The second-order valence-corrected chi connectivity index (χ2v) is 4.71. The minimum Gasteiger partial charge on any atom is -0.508 e. The fourth-order valence-electron chi connectivity index (χ4n) is 1.92. The Labute approximate surface area is 100 Å². The normalized spacial score (nSPS) is 19.7. The average molecular weight is 257 g/mol. The lowest BCUT2D eigenvalue weighted by molar-refractivity contribution is 0.0762. The van der Waals surface area contributed by atoms with Crippen molar-refractivity contribution in [3.8, 4) is 5.75 Å². The molecular formula is C11H13FNO3P. The first kappa shape index (κ1) is 12.3. The van der Waals surface area contributed by atoms with E-state index in [1.54, 1.807) is 0 Å².